The largest absolute Gasteiger partial charge is 0.497 e. The minimum absolute atomic E-state index is 0.176. The van der Waals surface area contributed by atoms with Crippen molar-refractivity contribution in [2.45, 2.75) is 0 Å². The van der Waals surface area contributed by atoms with Gasteiger partial charge in [-0.25, -0.2) is 4.39 Å². The second kappa shape index (κ2) is 7.04. The zero-order valence-corrected chi connectivity index (χ0v) is 12.5. The van der Waals surface area contributed by atoms with E-state index in [2.05, 4.69) is 5.32 Å². The van der Waals surface area contributed by atoms with Crippen molar-refractivity contribution in [1.82, 2.24) is 0 Å². The van der Waals surface area contributed by atoms with Crippen LogP contribution in [-0.4, -0.2) is 24.7 Å². The number of alkyl halides is 1. The van der Waals surface area contributed by atoms with E-state index in [9.17, 15) is 14.0 Å². The molecular weight excluding hydrogens is 309 g/mol. The van der Waals surface area contributed by atoms with E-state index < -0.39 is 17.5 Å². The first-order chi connectivity index (χ1) is 10.5. The maximum absolute atomic E-state index is 13.3. The Kier molecular flexibility index (Phi) is 5.12. The zero-order chi connectivity index (χ0) is 16.1. The van der Waals surface area contributed by atoms with Gasteiger partial charge in [-0.15, -0.1) is 11.6 Å². The Morgan fingerprint density at radius 3 is 2.64 bits per heavy atom. The summed E-state index contributed by atoms with van der Waals surface area (Å²) < 4.78 is 18.4. The second-order valence-electron chi connectivity index (χ2n) is 4.43. The summed E-state index contributed by atoms with van der Waals surface area (Å²) in [5, 5.41) is 2.54. The van der Waals surface area contributed by atoms with Crippen molar-refractivity contribution in [3.05, 3.63) is 59.4 Å². The molecule has 0 aliphatic heterocycles. The number of methoxy groups -OCH3 is 1. The molecule has 2 aromatic carbocycles. The van der Waals surface area contributed by atoms with Crippen LogP contribution < -0.4 is 10.1 Å². The van der Waals surface area contributed by atoms with Crippen molar-refractivity contribution in [2.24, 2.45) is 0 Å². The first-order valence-corrected chi connectivity index (χ1v) is 6.92. The van der Waals surface area contributed by atoms with Crippen molar-refractivity contribution in [1.29, 1.82) is 0 Å². The molecule has 22 heavy (non-hydrogen) atoms. The summed E-state index contributed by atoms with van der Waals surface area (Å²) in [4.78, 5) is 24.0. The molecule has 4 nitrogen and oxygen atoms in total. The van der Waals surface area contributed by atoms with Crippen LogP contribution in [0.15, 0.2) is 42.5 Å². The molecule has 0 atom stereocenters. The average molecular weight is 322 g/mol. The molecule has 0 fully saturated rings. The van der Waals surface area contributed by atoms with Crippen molar-refractivity contribution in [2.75, 3.05) is 18.3 Å². The molecule has 0 aromatic heterocycles. The van der Waals surface area contributed by atoms with Crippen LogP contribution in [0.2, 0.25) is 0 Å². The minimum atomic E-state index is -0.514. The summed E-state index contributed by atoms with van der Waals surface area (Å²) in [5.41, 5.74) is 0.666. The standard InChI is InChI=1S/C16H13ClFNO3/c1-22-12-5-6-14(19-15(20)9-17)13(8-12)16(21)10-3-2-4-11(18)7-10/h2-8H,9H2,1H3,(H,19,20). The molecule has 0 heterocycles. The number of hydrogen-bond donors (Lipinski definition) is 1. The molecular formula is C16H13ClFNO3. The monoisotopic (exact) mass is 321 g/mol. The number of carbonyl (C=O) groups is 2. The Bertz CT molecular complexity index is 718. The number of hydrogen-bond acceptors (Lipinski definition) is 3. The SMILES string of the molecule is COc1ccc(NC(=O)CCl)c(C(=O)c2cccc(F)c2)c1. The molecule has 2 aromatic rings. The van der Waals surface area contributed by atoms with Crippen LogP contribution in [0.3, 0.4) is 0 Å². The maximum atomic E-state index is 13.3. The maximum Gasteiger partial charge on any atom is 0.239 e. The number of nitrogens with one attached hydrogen (secondary N) is 1. The molecule has 0 saturated carbocycles. The van der Waals surface area contributed by atoms with E-state index in [1.165, 1.54) is 37.4 Å². The van der Waals surface area contributed by atoms with Crippen LogP contribution in [0.5, 0.6) is 5.75 Å². The summed E-state index contributed by atoms with van der Waals surface area (Å²) in [6, 6.07) is 9.95. The van der Waals surface area contributed by atoms with Crippen molar-refractivity contribution in [3.8, 4) is 5.75 Å². The van der Waals surface area contributed by atoms with Crippen LogP contribution in [0.4, 0.5) is 10.1 Å². The predicted octanol–water partition coefficient (Wildman–Crippen LogP) is 3.24. The summed E-state index contributed by atoms with van der Waals surface area (Å²) in [7, 11) is 1.46. The van der Waals surface area contributed by atoms with Gasteiger partial charge in [-0.2, -0.15) is 0 Å². The van der Waals surface area contributed by atoms with E-state index >= 15 is 0 Å². The van der Waals surface area contributed by atoms with E-state index in [1.54, 1.807) is 6.07 Å². The van der Waals surface area contributed by atoms with E-state index in [1.807, 2.05) is 0 Å². The molecule has 0 saturated heterocycles. The average Bonchev–Trinajstić information content (AvgIpc) is 2.54. The minimum Gasteiger partial charge on any atom is -0.497 e. The molecule has 1 N–H and O–H groups in total. The lowest BCUT2D eigenvalue weighted by Gasteiger charge is -2.11. The molecule has 0 unspecified atom stereocenters. The van der Waals surface area contributed by atoms with Gasteiger partial charge in [0.1, 0.15) is 17.4 Å². The van der Waals surface area contributed by atoms with Gasteiger partial charge in [0.2, 0.25) is 5.91 Å². The fourth-order valence-electron chi connectivity index (χ4n) is 1.92. The summed E-state index contributed by atoms with van der Waals surface area (Å²) in [6.07, 6.45) is 0. The number of halogens is 2. The normalized spacial score (nSPS) is 10.1. The van der Waals surface area contributed by atoms with Gasteiger partial charge in [0.05, 0.1) is 12.8 Å². The number of anilines is 1. The smallest absolute Gasteiger partial charge is 0.239 e. The molecule has 6 heteroatoms. The van der Waals surface area contributed by atoms with Crippen LogP contribution in [-0.2, 0) is 4.79 Å². The van der Waals surface area contributed by atoms with Crippen LogP contribution in [0, 0.1) is 5.82 Å². The topological polar surface area (TPSA) is 55.4 Å². The highest BCUT2D eigenvalue weighted by Gasteiger charge is 2.17. The van der Waals surface area contributed by atoms with E-state index in [0.29, 0.717) is 11.4 Å². The van der Waals surface area contributed by atoms with Crippen molar-refractivity contribution >= 4 is 29.0 Å². The third-order valence-electron chi connectivity index (χ3n) is 2.95. The fraction of sp³-hybridized carbons (Fsp3) is 0.125. The lowest BCUT2D eigenvalue weighted by Crippen LogP contribution is -2.16. The summed E-state index contributed by atoms with van der Waals surface area (Å²) in [6.45, 7) is 0. The highest BCUT2D eigenvalue weighted by Crippen LogP contribution is 2.25. The number of benzene rings is 2. The molecule has 0 spiro atoms. The Morgan fingerprint density at radius 1 is 1.23 bits per heavy atom. The van der Waals surface area contributed by atoms with Gasteiger partial charge in [-0.05, 0) is 30.3 Å². The third kappa shape index (κ3) is 3.62. The van der Waals surface area contributed by atoms with Gasteiger partial charge in [0, 0.05) is 11.1 Å². The van der Waals surface area contributed by atoms with Gasteiger partial charge in [0.15, 0.2) is 5.78 Å². The summed E-state index contributed by atoms with van der Waals surface area (Å²) >= 11 is 5.46. The number of amides is 1. The molecule has 0 aliphatic rings. The Morgan fingerprint density at radius 2 is 2.00 bits per heavy atom. The number of carbonyl (C=O) groups excluding carboxylic acids is 2. The molecule has 0 radical (unpaired) electrons. The molecule has 0 aliphatic carbocycles. The van der Waals surface area contributed by atoms with Crippen LogP contribution in [0.25, 0.3) is 0 Å². The van der Waals surface area contributed by atoms with E-state index in [4.69, 9.17) is 16.3 Å². The second-order valence-corrected chi connectivity index (χ2v) is 4.70. The fourth-order valence-corrected chi connectivity index (χ4v) is 1.98. The Hall–Kier alpha value is -2.40. The Balaban J connectivity index is 2.46. The first kappa shape index (κ1) is 16.0. The number of ether oxygens (including phenoxy) is 1. The zero-order valence-electron chi connectivity index (χ0n) is 11.7. The molecule has 2 rings (SSSR count). The first-order valence-electron chi connectivity index (χ1n) is 6.39. The molecule has 114 valence electrons. The van der Waals surface area contributed by atoms with Crippen molar-refractivity contribution < 1.29 is 18.7 Å². The third-order valence-corrected chi connectivity index (χ3v) is 3.20. The van der Waals surface area contributed by atoms with Gasteiger partial charge in [-0.1, -0.05) is 12.1 Å². The van der Waals surface area contributed by atoms with Gasteiger partial charge in [0.25, 0.3) is 0 Å². The van der Waals surface area contributed by atoms with E-state index in [-0.39, 0.29) is 17.0 Å². The van der Waals surface area contributed by atoms with Gasteiger partial charge in [-0.3, -0.25) is 9.59 Å². The van der Waals surface area contributed by atoms with Gasteiger partial charge < -0.3 is 10.1 Å². The molecule has 0 bridgehead atoms. The van der Waals surface area contributed by atoms with Gasteiger partial charge >= 0.3 is 0 Å². The number of ketones is 1. The lowest BCUT2D eigenvalue weighted by molar-refractivity contribution is -0.113. The summed E-state index contributed by atoms with van der Waals surface area (Å²) in [5.74, 6) is -1.17. The van der Waals surface area contributed by atoms with E-state index in [0.717, 1.165) is 6.07 Å². The number of rotatable bonds is 5. The molecule has 1 amide bonds. The van der Waals surface area contributed by atoms with Crippen molar-refractivity contribution in [3.63, 3.8) is 0 Å². The highest BCUT2D eigenvalue weighted by atomic mass is 35.5. The Labute approximate surface area is 131 Å². The highest BCUT2D eigenvalue weighted by molar-refractivity contribution is 6.29. The van der Waals surface area contributed by atoms with Crippen LogP contribution >= 0.6 is 11.6 Å². The quantitative estimate of drug-likeness (QED) is 0.679. The predicted molar refractivity (Wildman–Crippen MR) is 82.2 cm³/mol. The lowest BCUT2D eigenvalue weighted by atomic mass is 10.0. The van der Waals surface area contributed by atoms with Crippen LogP contribution in [0.1, 0.15) is 15.9 Å².